The first kappa shape index (κ1) is 13.3. The second-order valence-electron chi connectivity index (χ2n) is 4.82. The number of anilines is 1. The Morgan fingerprint density at radius 2 is 1.89 bits per heavy atom. The zero-order chi connectivity index (χ0) is 13.0. The molecule has 0 bridgehead atoms. The van der Waals surface area contributed by atoms with Crippen LogP contribution in [0.5, 0.6) is 0 Å². The van der Waals surface area contributed by atoms with Crippen molar-refractivity contribution in [1.29, 1.82) is 0 Å². The number of aromatic nitrogens is 1. The van der Waals surface area contributed by atoms with Gasteiger partial charge in [0.2, 0.25) is 0 Å². The maximum absolute atomic E-state index is 8.91. The molecule has 0 radical (unpaired) electrons. The summed E-state index contributed by atoms with van der Waals surface area (Å²) in [5, 5.41) is 8.91. The summed E-state index contributed by atoms with van der Waals surface area (Å²) in [5.74, 6) is 0.587. The van der Waals surface area contributed by atoms with Gasteiger partial charge in [0.1, 0.15) is 5.82 Å². The summed E-state index contributed by atoms with van der Waals surface area (Å²) < 4.78 is 0. The summed E-state index contributed by atoms with van der Waals surface area (Å²) in [4.78, 5) is 9.01. The van der Waals surface area contributed by atoms with Gasteiger partial charge in [0.05, 0.1) is 6.61 Å². The van der Waals surface area contributed by atoms with Crippen LogP contribution in [0.15, 0.2) is 12.1 Å². The van der Waals surface area contributed by atoms with E-state index in [-0.39, 0.29) is 6.61 Å². The van der Waals surface area contributed by atoms with Gasteiger partial charge in [-0.3, -0.25) is 9.80 Å². The third kappa shape index (κ3) is 3.41. The predicted octanol–water partition coefficient (Wildman–Crippen LogP) is 0.0821. The lowest BCUT2D eigenvalue weighted by atomic mass is 10.1. The number of rotatable bonds is 4. The fraction of sp³-hybridized carbons (Fsp3) is 0.615. The number of hydrogen-bond acceptors (Lipinski definition) is 5. The summed E-state index contributed by atoms with van der Waals surface area (Å²) in [6.07, 6.45) is 0. The molecule has 2 heterocycles. The van der Waals surface area contributed by atoms with Crippen LogP contribution in [0.25, 0.3) is 0 Å². The number of β-amino-alcohol motifs (C(OH)–C–C–N with tert-alkyl or cyclic N) is 1. The maximum atomic E-state index is 8.91. The number of nitrogen functional groups attached to an aromatic ring is 1. The van der Waals surface area contributed by atoms with E-state index in [0.29, 0.717) is 5.82 Å². The van der Waals surface area contributed by atoms with E-state index in [1.807, 2.05) is 13.0 Å². The van der Waals surface area contributed by atoms with E-state index in [9.17, 15) is 0 Å². The fourth-order valence-corrected chi connectivity index (χ4v) is 2.33. The molecule has 3 N–H and O–H groups in total. The standard InChI is InChI=1S/C13H22N4O/c1-11-12(2-3-13(14)15-11)10-17-6-4-16(5-7-17)8-9-18/h2-3,18H,4-10H2,1H3,(H2,14,15). The Labute approximate surface area is 108 Å². The summed E-state index contributed by atoms with van der Waals surface area (Å²) in [7, 11) is 0. The molecule has 0 unspecified atom stereocenters. The average molecular weight is 250 g/mol. The van der Waals surface area contributed by atoms with Crippen LogP contribution >= 0.6 is 0 Å². The molecule has 0 amide bonds. The highest BCUT2D eigenvalue weighted by molar-refractivity contribution is 5.33. The molecule has 1 fully saturated rings. The van der Waals surface area contributed by atoms with Crippen molar-refractivity contribution in [2.24, 2.45) is 0 Å². The van der Waals surface area contributed by atoms with Crippen molar-refractivity contribution in [2.45, 2.75) is 13.5 Å². The van der Waals surface area contributed by atoms with Crippen LogP contribution in [-0.2, 0) is 6.54 Å². The fourth-order valence-electron chi connectivity index (χ4n) is 2.33. The van der Waals surface area contributed by atoms with Crippen molar-refractivity contribution < 1.29 is 5.11 Å². The first-order valence-electron chi connectivity index (χ1n) is 6.46. The normalized spacial score (nSPS) is 18.1. The summed E-state index contributed by atoms with van der Waals surface area (Å²) in [6.45, 7) is 8.13. The number of nitrogens with zero attached hydrogens (tertiary/aromatic N) is 3. The predicted molar refractivity (Wildman–Crippen MR) is 72.2 cm³/mol. The molecule has 5 nitrogen and oxygen atoms in total. The monoisotopic (exact) mass is 250 g/mol. The van der Waals surface area contributed by atoms with Crippen LogP contribution < -0.4 is 5.73 Å². The van der Waals surface area contributed by atoms with Gasteiger partial charge in [-0.15, -0.1) is 0 Å². The van der Waals surface area contributed by atoms with E-state index < -0.39 is 0 Å². The van der Waals surface area contributed by atoms with Crippen molar-refractivity contribution in [3.63, 3.8) is 0 Å². The molecule has 5 heteroatoms. The minimum atomic E-state index is 0.251. The number of piperazine rings is 1. The van der Waals surface area contributed by atoms with Crippen molar-refractivity contribution in [2.75, 3.05) is 45.1 Å². The molecule has 0 spiro atoms. The van der Waals surface area contributed by atoms with Gasteiger partial charge >= 0.3 is 0 Å². The molecule has 100 valence electrons. The molecule has 1 saturated heterocycles. The van der Waals surface area contributed by atoms with E-state index in [2.05, 4.69) is 20.9 Å². The average Bonchev–Trinajstić information content (AvgIpc) is 2.35. The zero-order valence-electron chi connectivity index (χ0n) is 11.0. The molecule has 2 rings (SSSR count). The van der Waals surface area contributed by atoms with Gasteiger partial charge in [0.15, 0.2) is 0 Å². The van der Waals surface area contributed by atoms with E-state index in [0.717, 1.165) is 45.0 Å². The smallest absolute Gasteiger partial charge is 0.123 e. The number of nitrogens with two attached hydrogens (primary N) is 1. The number of hydrogen-bond donors (Lipinski definition) is 2. The Balaban J connectivity index is 1.87. The topological polar surface area (TPSA) is 65.6 Å². The third-order valence-corrected chi connectivity index (χ3v) is 3.49. The highest BCUT2D eigenvalue weighted by atomic mass is 16.3. The lowest BCUT2D eigenvalue weighted by molar-refractivity contribution is 0.108. The molecule has 0 saturated carbocycles. The molecule has 1 aromatic rings. The van der Waals surface area contributed by atoms with Gasteiger partial charge in [0, 0.05) is 45.0 Å². The number of aliphatic hydroxyl groups is 1. The van der Waals surface area contributed by atoms with Gasteiger partial charge in [0.25, 0.3) is 0 Å². The highest BCUT2D eigenvalue weighted by Gasteiger charge is 2.17. The Morgan fingerprint density at radius 1 is 1.22 bits per heavy atom. The van der Waals surface area contributed by atoms with Crippen LogP contribution in [0.1, 0.15) is 11.3 Å². The number of pyridine rings is 1. The van der Waals surface area contributed by atoms with Crippen molar-refractivity contribution in [3.05, 3.63) is 23.4 Å². The molecule has 0 aliphatic carbocycles. The largest absolute Gasteiger partial charge is 0.395 e. The Morgan fingerprint density at radius 3 is 2.50 bits per heavy atom. The van der Waals surface area contributed by atoms with E-state index in [1.54, 1.807) is 0 Å². The summed E-state index contributed by atoms with van der Waals surface area (Å²) in [5.41, 5.74) is 7.93. The van der Waals surface area contributed by atoms with Crippen molar-refractivity contribution >= 4 is 5.82 Å². The second kappa shape index (κ2) is 6.13. The molecular weight excluding hydrogens is 228 g/mol. The third-order valence-electron chi connectivity index (χ3n) is 3.49. The van der Waals surface area contributed by atoms with Gasteiger partial charge in [-0.05, 0) is 18.6 Å². The highest BCUT2D eigenvalue weighted by Crippen LogP contribution is 2.12. The first-order valence-corrected chi connectivity index (χ1v) is 6.46. The molecule has 1 aliphatic rings. The van der Waals surface area contributed by atoms with Crippen LogP contribution in [0.2, 0.25) is 0 Å². The Hall–Kier alpha value is -1.17. The maximum Gasteiger partial charge on any atom is 0.123 e. The molecular formula is C13H22N4O. The van der Waals surface area contributed by atoms with Crippen LogP contribution in [0.3, 0.4) is 0 Å². The quantitative estimate of drug-likeness (QED) is 0.792. The lowest BCUT2D eigenvalue weighted by Crippen LogP contribution is -2.46. The van der Waals surface area contributed by atoms with Crippen molar-refractivity contribution in [3.8, 4) is 0 Å². The van der Waals surface area contributed by atoms with Gasteiger partial charge in [-0.1, -0.05) is 6.07 Å². The minimum Gasteiger partial charge on any atom is -0.395 e. The first-order chi connectivity index (χ1) is 8.69. The van der Waals surface area contributed by atoms with Crippen molar-refractivity contribution in [1.82, 2.24) is 14.8 Å². The molecule has 1 aliphatic heterocycles. The van der Waals surface area contributed by atoms with Gasteiger partial charge in [-0.25, -0.2) is 4.98 Å². The van der Waals surface area contributed by atoms with Crippen LogP contribution in [0.4, 0.5) is 5.82 Å². The van der Waals surface area contributed by atoms with Gasteiger partial charge < -0.3 is 10.8 Å². The lowest BCUT2D eigenvalue weighted by Gasteiger charge is -2.34. The van der Waals surface area contributed by atoms with E-state index >= 15 is 0 Å². The Kier molecular flexibility index (Phi) is 4.52. The van der Waals surface area contributed by atoms with Crippen LogP contribution in [-0.4, -0.2) is 59.2 Å². The zero-order valence-corrected chi connectivity index (χ0v) is 11.0. The number of aliphatic hydroxyl groups excluding tert-OH is 1. The number of aryl methyl sites for hydroxylation is 1. The van der Waals surface area contributed by atoms with Crippen LogP contribution in [0, 0.1) is 6.92 Å². The molecule has 18 heavy (non-hydrogen) atoms. The molecule has 0 aromatic carbocycles. The molecule has 1 aromatic heterocycles. The molecule has 0 atom stereocenters. The second-order valence-corrected chi connectivity index (χ2v) is 4.82. The minimum absolute atomic E-state index is 0.251. The van der Waals surface area contributed by atoms with E-state index in [4.69, 9.17) is 10.8 Å². The Bertz CT molecular complexity index is 389. The SMILES string of the molecule is Cc1nc(N)ccc1CN1CCN(CCO)CC1. The van der Waals surface area contributed by atoms with E-state index in [1.165, 1.54) is 5.56 Å². The summed E-state index contributed by atoms with van der Waals surface area (Å²) in [6, 6.07) is 3.93. The summed E-state index contributed by atoms with van der Waals surface area (Å²) >= 11 is 0. The van der Waals surface area contributed by atoms with Gasteiger partial charge in [-0.2, -0.15) is 0 Å².